The number of anilines is 2. The molecule has 1 aliphatic carbocycles. The van der Waals surface area contributed by atoms with E-state index in [1.54, 1.807) is 0 Å². The monoisotopic (exact) mass is 426 g/mol. The molecule has 4 rings (SSSR count). The summed E-state index contributed by atoms with van der Waals surface area (Å²) in [5.41, 5.74) is 0.638. The van der Waals surface area contributed by atoms with Gasteiger partial charge in [0.1, 0.15) is 17.7 Å². The van der Waals surface area contributed by atoms with E-state index in [2.05, 4.69) is 21.7 Å². The van der Waals surface area contributed by atoms with Gasteiger partial charge in [-0.05, 0) is 30.7 Å². The maximum absolute atomic E-state index is 13.1. The van der Waals surface area contributed by atoms with Gasteiger partial charge in [-0.15, -0.1) is 0 Å². The van der Waals surface area contributed by atoms with E-state index >= 15 is 0 Å². The highest BCUT2D eigenvalue weighted by atomic mass is 16.4. The molecule has 2 N–H and O–H groups in total. The van der Waals surface area contributed by atoms with Crippen molar-refractivity contribution in [3.05, 3.63) is 56.7 Å². The van der Waals surface area contributed by atoms with Crippen LogP contribution in [-0.4, -0.2) is 33.3 Å². The van der Waals surface area contributed by atoms with E-state index in [1.807, 2.05) is 30.3 Å². The summed E-state index contributed by atoms with van der Waals surface area (Å²) in [5.74, 6) is -0.00450. The number of benzene rings is 1. The first-order chi connectivity index (χ1) is 15.0. The van der Waals surface area contributed by atoms with Crippen molar-refractivity contribution in [1.82, 2.24) is 9.55 Å². The molecule has 1 unspecified atom stereocenters. The van der Waals surface area contributed by atoms with Gasteiger partial charge in [-0.2, -0.15) is 0 Å². The molecule has 31 heavy (non-hydrogen) atoms. The summed E-state index contributed by atoms with van der Waals surface area (Å²) in [5, 5.41) is 9.20. The lowest BCUT2D eigenvalue weighted by molar-refractivity contribution is -0.137. The fourth-order valence-electron chi connectivity index (χ4n) is 5.14. The maximum atomic E-state index is 13.1. The molecule has 8 heteroatoms. The molecule has 0 spiro atoms. The first-order valence-corrected chi connectivity index (χ1v) is 11.2. The molecule has 1 saturated carbocycles. The van der Waals surface area contributed by atoms with Gasteiger partial charge in [0.05, 0.1) is 6.42 Å². The van der Waals surface area contributed by atoms with Crippen molar-refractivity contribution in [2.45, 2.75) is 64.7 Å². The Balaban J connectivity index is 1.87. The zero-order chi connectivity index (χ0) is 22.0. The van der Waals surface area contributed by atoms with Gasteiger partial charge in [0, 0.05) is 19.6 Å². The summed E-state index contributed by atoms with van der Waals surface area (Å²) in [6, 6.07) is 10.0. The fraction of sp³-hybridized carbons (Fsp3) is 0.522. The summed E-state index contributed by atoms with van der Waals surface area (Å²) in [7, 11) is 0. The first-order valence-electron chi connectivity index (χ1n) is 11.2. The normalized spacial score (nSPS) is 18.5. The summed E-state index contributed by atoms with van der Waals surface area (Å²) in [6.07, 6.45) is 5.17. The highest BCUT2D eigenvalue weighted by Gasteiger charge is 2.44. The van der Waals surface area contributed by atoms with Crippen LogP contribution in [-0.2, 0) is 17.9 Å². The number of H-pyrrole nitrogens is 1. The van der Waals surface area contributed by atoms with Crippen LogP contribution in [0.5, 0.6) is 0 Å². The van der Waals surface area contributed by atoms with E-state index < -0.39 is 17.2 Å². The number of hydrogen-bond donors (Lipinski definition) is 2. The third-order valence-corrected chi connectivity index (χ3v) is 6.38. The molecule has 2 aromatic rings. The molecule has 0 saturated heterocycles. The molecule has 2 aliphatic rings. The van der Waals surface area contributed by atoms with Gasteiger partial charge in [-0.25, -0.2) is 4.79 Å². The lowest BCUT2D eigenvalue weighted by Gasteiger charge is -2.37. The molecule has 1 atom stereocenters. The molecule has 1 aromatic carbocycles. The van der Waals surface area contributed by atoms with E-state index in [0.29, 0.717) is 30.5 Å². The number of fused-ring (bicyclic) bond motifs is 1. The van der Waals surface area contributed by atoms with Crippen molar-refractivity contribution in [2.75, 3.05) is 16.3 Å². The second-order valence-electron chi connectivity index (χ2n) is 8.49. The van der Waals surface area contributed by atoms with E-state index in [-0.39, 0.29) is 19.1 Å². The second kappa shape index (κ2) is 8.99. The zero-order valence-electron chi connectivity index (χ0n) is 17.9. The second-order valence-corrected chi connectivity index (χ2v) is 8.49. The predicted octanol–water partition coefficient (Wildman–Crippen LogP) is 2.76. The van der Waals surface area contributed by atoms with Crippen LogP contribution in [0.25, 0.3) is 0 Å². The van der Waals surface area contributed by atoms with Crippen LogP contribution in [0, 0.1) is 5.92 Å². The number of aliphatic carboxylic acids is 1. The Bertz CT molecular complexity index is 1040. The van der Waals surface area contributed by atoms with Crippen LogP contribution >= 0.6 is 0 Å². The third kappa shape index (κ3) is 4.11. The molecule has 0 amide bonds. The van der Waals surface area contributed by atoms with E-state index in [1.165, 1.54) is 17.4 Å². The molecule has 1 aliphatic heterocycles. The van der Waals surface area contributed by atoms with Crippen LogP contribution in [0.2, 0.25) is 0 Å². The van der Waals surface area contributed by atoms with Crippen molar-refractivity contribution in [1.29, 1.82) is 0 Å². The lowest BCUT2D eigenvalue weighted by Crippen LogP contribution is -2.48. The average molecular weight is 427 g/mol. The van der Waals surface area contributed by atoms with Gasteiger partial charge in [0.2, 0.25) is 0 Å². The van der Waals surface area contributed by atoms with Crippen molar-refractivity contribution < 1.29 is 9.90 Å². The van der Waals surface area contributed by atoms with E-state index in [9.17, 15) is 19.5 Å². The summed E-state index contributed by atoms with van der Waals surface area (Å²) < 4.78 is 1.45. The van der Waals surface area contributed by atoms with Crippen LogP contribution in [0.1, 0.15) is 51.0 Å². The molecular formula is C23H30N4O4. The Hall–Kier alpha value is -3.03. The molecule has 1 fully saturated rings. The number of carboxylic acids is 1. The Morgan fingerprint density at radius 3 is 2.45 bits per heavy atom. The Morgan fingerprint density at radius 1 is 1.10 bits per heavy atom. The molecular weight excluding hydrogens is 396 g/mol. The van der Waals surface area contributed by atoms with Gasteiger partial charge in [0.15, 0.2) is 0 Å². The number of nitrogens with zero attached hydrogens (tertiary/aromatic N) is 3. The van der Waals surface area contributed by atoms with E-state index in [0.717, 1.165) is 24.8 Å². The molecule has 1 aromatic heterocycles. The Morgan fingerprint density at radius 2 is 1.81 bits per heavy atom. The lowest BCUT2D eigenvalue weighted by atomic mass is 10.0. The SMILES string of the molecule is CCCN1c2c(c(=O)[nH]c(=O)n2CCC(=O)O)N(Cc2ccccc2)C1C1CCCC1. The number of nitrogens with one attached hydrogen (secondary N) is 1. The maximum Gasteiger partial charge on any atom is 0.330 e. The quantitative estimate of drug-likeness (QED) is 0.674. The number of carbonyl (C=O) groups is 1. The minimum Gasteiger partial charge on any atom is -0.481 e. The number of aromatic amines is 1. The molecule has 2 heterocycles. The van der Waals surface area contributed by atoms with Crippen molar-refractivity contribution in [3.63, 3.8) is 0 Å². The molecule has 0 radical (unpaired) electrons. The summed E-state index contributed by atoms with van der Waals surface area (Å²) in [4.78, 5) is 43.8. The van der Waals surface area contributed by atoms with Gasteiger partial charge < -0.3 is 14.9 Å². The highest BCUT2D eigenvalue weighted by Crippen LogP contribution is 2.44. The number of carboxylic acid groups (broad SMARTS) is 1. The Labute approximate surface area is 181 Å². The fourth-order valence-corrected chi connectivity index (χ4v) is 5.14. The van der Waals surface area contributed by atoms with Gasteiger partial charge in [0.25, 0.3) is 5.56 Å². The van der Waals surface area contributed by atoms with Crippen LogP contribution in [0.4, 0.5) is 11.5 Å². The van der Waals surface area contributed by atoms with Crippen molar-refractivity contribution in [2.24, 2.45) is 5.92 Å². The Kier molecular flexibility index (Phi) is 6.15. The average Bonchev–Trinajstić information content (AvgIpc) is 3.36. The van der Waals surface area contributed by atoms with Gasteiger partial charge in [-0.3, -0.25) is 19.1 Å². The minimum absolute atomic E-state index is 0.0170. The number of aromatic nitrogens is 2. The van der Waals surface area contributed by atoms with Gasteiger partial charge in [-0.1, -0.05) is 50.1 Å². The third-order valence-electron chi connectivity index (χ3n) is 6.38. The van der Waals surface area contributed by atoms with Crippen LogP contribution < -0.4 is 21.0 Å². The highest BCUT2D eigenvalue weighted by molar-refractivity contribution is 5.74. The smallest absolute Gasteiger partial charge is 0.330 e. The first kappa shape index (κ1) is 21.2. The number of hydrogen-bond acceptors (Lipinski definition) is 5. The van der Waals surface area contributed by atoms with Gasteiger partial charge >= 0.3 is 11.7 Å². The summed E-state index contributed by atoms with van der Waals surface area (Å²) in [6.45, 7) is 3.38. The van der Waals surface area contributed by atoms with Crippen LogP contribution in [0.15, 0.2) is 39.9 Å². The van der Waals surface area contributed by atoms with Crippen molar-refractivity contribution >= 4 is 17.5 Å². The summed E-state index contributed by atoms with van der Waals surface area (Å²) >= 11 is 0. The standard InChI is InChI=1S/C23H30N4O4/c1-2-13-25-21(17-10-6-7-11-17)27(15-16-8-4-3-5-9-16)19-20(30)24-23(31)26(22(19)25)14-12-18(28)29/h3-5,8-9,17,21H,2,6-7,10-15H2,1H3,(H,28,29)(H,24,30,31). The molecule has 8 nitrogen and oxygen atoms in total. The number of rotatable bonds is 8. The zero-order valence-corrected chi connectivity index (χ0v) is 17.9. The van der Waals surface area contributed by atoms with E-state index in [4.69, 9.17) is 0 Å². The van der Waals surface area contributed by atoms with Crippen LogP contribution in [0.3, 0.4) is 0 Å². The van der Waals surface area contributed by atoms with Crippen molar-refractivity contribution in [3.8, 4) is 0 Å². The predicted molar refractivity (Wildman–Crippen MR) is 120 cm³/mol. The molecule has 0 bridgehead atoms. The topological polar surface area (TPSA) is 98.6 Å². The minimum atomic E-state index is -0.972. The molecule has 166 valence electrons. The largest absolute Gasteiger partial charge is 0.481 e.